The Morgan fingerprint density at radius 2 is 1.81 bits per heavy atom. The number of thiophene rings is 1. The zero-order valence-electron chi connectivity index (χ0n) is 16.3. The largest absolute Gasteiger partial charge is 0.325 e. The zero-order chi connectivity index (χ0) is 22.0. The van der Waals surface area contributed by atoms with Crippen molar-refractivity contribution in [1.29, 1.82) is 0 Å². The summed E-state index contributed by atoms with van der Waals surface area (Å²) in [5.41, 5.74) is 2.20. The van der Waals surface area contributed by atoms with Crippen LogP contribution in [0, 0.1) is 0 Å². The number of Topliss-reactive ketones (excluding diaryl/α,β-unsaturated/α-hetero) is 1. The molecular weight excluding hydrogens is 454 g/mol. The summed E-state index contributed by atoms with van der Waals surface area (Å²) in [7, 11) is 0. The molecule has 2 heterocycles. The van der Waals surface area contributed by atoms with Crippen LogP contribution >= 0.6 is 34.7 Å². The second-order valence-corrected chi connectivity index (χ2v) is 8.91. The highest BCUT2D eigenvalue weighted by Crippen LogP contribution is 2.24. The normalized spacial score (nSPS) is 10.9. The van der Waals surface area contributed by atoms with E-state index in [2.05, 4.69) is 10.3 Å². The molecule has 0 saturated carbocycles. The molecule has 0 unspecified atom stereocenters. The van der Waals surface area contributed by atoms with E-state index in [-0.39, 0.29) is 23.0 Å². The Labute approximate surface area is 190 Å². The molecule has 4 rings (SSSR count). The van der Waals surface area contributed by atoms with Gasteiger partial charge in [-0.2, -0.15) is 0 Å². The number of carbonyl (C=O) groups is 2. The fourth-order valence-corrected chi connectivity index (χ4v) is 4.62. The van der Waals surface area contributed by atoms with Crippen LogP contribution < -0.4 is 10.9 Å². The van der Waals surface area contributed by atoms with E-state index in [9.17, 15) is 14.4 Å². The fraction of sp³-hybridized carbons (Fsp3) is 0.0909. The molecule has 0 spiro atoms. The first-order chi connectivity index (χ1) is 14.9. The minimum Gasteiger partial charge on any atom is -0.325 e. The first-order valence-electron chi connectivity index (χ1n) is 9.22. The van der Waals surface area contributed by atoms with Gasteiger partial charge < -0.3 is 5.32 Å². The average Bonchev–Trinajstić information content (AvgIpc) is 3.23. The summed E-state index contributed by atoms with van der Waals surface area (Å²) in [4.78, 5) is 41.5. The van der Waals surface area contributed by atoms with Crippen LogP contribution in [0.4, 0.5) is 5.69 Å². The summed E-state index contributed by atoms with van der Waals surface area (Å²) in [6.07, 6.45) is 0. The van der Waals surface area contributed by atoms with Crippen LogP contribution in [-0.4, -0.2) is 27.0 Å². The van der Waals surface area contributed by atoms with Crippen molar-refractivity contribution in [2.75, 3.05) is 11.1 Å². The Bertz CT molecular complexity index is 1330. The lowest BCUT2D eigenvalue weighted by molar-refractivity contribution is -0.113. The van der Waals surface area contributed by atoms with E-state index in [0.29, 0.717) is 37.3 Å². The van der Waals surface area contributed by atoms with Crippen LogP contribution in [0.25, 0.3) is 15.9 Å². The molecule has 2 aromatic carbocycles. The molecule has 1 amide bonds. The molecule has 2 aromatic heterocycles. The third kappa shape index (κ3) is 4.71. The maximum Gasteiger partial charge on any atom is 0.276 e. The van der Waals surface area contributed by atoms with E-state index in [4.69, 9.17) is 11.6 Å². The number of amides is 1. The average molecular weight is 470 g/mol. The lowest BCUT2D eigenvalue weighted by Gasteiger charge is -2.12. The second-order valence-electron chi connectivity index (χ2n) is 6.62. The van der Waals surface area contributed by atoms with Crippen LogP contribution in [0.15, 0.2) is 69.9 Å². The molecule has 0 aliphatic heterocycles. The number of aromatic nitrogens is 2. The van der Waals surface area contributed by atoms with Gasteiger partial charge in [-0.3, -0.25) is 19.0 Å². The van der Waals surface area contributed by atoms with Crippen molar-refractivity contribution < 1.29 is 9.59 Å². The van der Waals surface area contributed by atoms with Crippen LogP contribution in [-0.2, 0) is 4.79 Å². The van der Waals surface area contributed by atoms with E-state index in [0.717, 1.165) is 0 Å². The number of hydrogen-bond donors (Lipinski definition) is 1. The van der Waals surface area contributed by atoms with E-state index >= 15 is 0 Å². The smallest absolute Gasteiger partial charge is 0.276 e. The summed E-state index contributed by atoms with van der Waals surface area (Å²) in [5, 5.41) is 5.59. The number of benzene rings is 2. The maximum atomic E-state index is 13.1. The first-order valence-corrected chi connectivity index (χ1v) is 11.5. The molecule has 0 aliphatic carbocycles. The Balaban J connectivity index is 1.58. The number of thioether (sulfide) groups is 1. The highest BCUT2D eigenvalue weighted by Gasteiger charge is 2.16. The van der Waals surface area contributed by atoms with Gasteiger partial charge >= 0.3 is 0 Å². The molecule has 1 N–H and O–H groups in total. The molecule has 156 valence electrons. The molecule has 6 nitrogen and oxygen atoms in total. The van der Waals surface area contributed by atoms with Crippen LogP contribution in [0.1, 0.15) is 17.3 Å². The zero-order valence-corrected chi connectivity index (χ0v) is 18.7. The van der Waals surface area contributed by atoms with Crippen LogP contribution in [0.5, 0.6) is 0 Å². The van der Waals surface area contributed by atoms with Gasteiger partial charge in [-0.15, -0.1) is 11.3 Å². The summed E-state index contributed by atoms with van der Waals surface area (Å²) >= 11 is 8.49. The topological polar surface area (TPSA) is 81.1 Å². The Kier molecular flexibility index (Phi) is 6.22. The summed E-state index contributed by atoms with van der Waals surface area (Å²) in [6.45, 7) is 1.49. The standard InChI is InChI=1S/C22H16ClN3O3S2/c1-13(27)14-2-6-16(7-3-14)24-19(28)12-31-22-25-18-10-11-30-20(18)21(29)26(22)17-8-4-15(23)5-9-17/h2-11H,12H2,1H3,(H,24,28). The monoisotopic (exact) mass is 469 g/mol. The lowest BCUT2D eigenvalue weighted by Crippen LogP contribution is -2.22. The van der Waals surface area contributed by atoms with Crippen molar-refractivity contribution in [2.24, 2.45) is 0 Å². The molecular formula is C22H16ClN3O3S2. The number of ketones is 1. The van der Waals surface area contributed by atoms with Crippen molar-refractivity contribution in [1.82, 2.24) is 9.55 Å². The Morgan fingerprint density at radius 3 is 2.48 bits per heavy atom. The number of carbonyl (C=O) groups excluding carboxylic acids is 2. The fourth-order valence-electron chi connectivity index (χ4n) is 2.92. The van der Waals surface area contributed by atoms with E-state index in [1.807, 2.05) is 5.38 Å². The molecule has 9 heteroatoms. The van der Waals surface area contributed by atoms with Gasteiger partial charge in [0.25, 0.3) is 5.56 Å². The van der Waals surface area contributed by atoms with Crippen molar-refractivity contribution in [3.63, 3.8) is 0 Å². The van der Waals surface area contributed by atoms with Crippen molar-refractivity contribution in [3.05, 3.63) is 80.9 Å². The van der Waals surface area contributed by atoms with E-state index in [1.54, 1.807) is 54.6 Å². The van der Waals surface area contributed by atoms with Crippen LogP contribution in [0.3, 0.4) is 0 Å². The Hall–Kier alpha value is -2.94. The third-order valence-corrected chi connectivity index (χ3v) is 6.52. The number of fused-ring (bicyclic) bond motifs is 1. The van der Waals surface area contributed by atoms with Gasteiger partial charge in [0.1, 0.15) is 4.70 Å². The number of nitrogens with one attached hydrogen (secondary N) is 1. The quantitative estimate of drug-likeness (QED) is 0.243. The van der Waals surface area contributed by atoms with E-state index in [1.165, 1.54) is 34.6 Å². The first kappa shape index (κ1) is 21.3. The minimum atomic E-state index is -0.247. The predicted molar refractivity (Wildman–Crippen MR) is 126 cm³/mol. The summed E-state index contributed by atoms with van der Waals surface area (Å²) in [5.74, 6) is -0.226. The Morgan fingerprint density at radius 1 is 1.10 bits per heavy atom. The van der Waals surface area contributed by atoms with Gasteiger partial charge in [0, 0.05) is 16.3 Å². The molecule has 0 fully saturated rings. The molecule has 0 saturated heterocycles. The predicted octanol–water partition coefficient (Wildman–Crippen LogP) is 5.03. The molecule has 4 aromatic rings. The molecule has 0 radical (unpaired) electrons. The molecule has 0 atom stereocenters. The number of halogens is 1. The molecule has 0 aliphatic rings. The van der Waals surface area contributed by atoms with Crippen LogP contribution in [0.2, 0.25) is 5.02 Å². The van der Waals surface area contributed by atoms with Crippen molar-refractivity contribution in [3.8, 4) is 5.69 Å². The minimum absolute atomic E-state index is 0.0384. The highest BCUT2D eigenvalue weighted by molar-refractivity contribution is 7.99. The van der Waals surface area contributed by atoms with Gasteiger partial charge in [0.05, 0.1) is 17.0 Å². The summed E-state index contributed by atoms with van der Waals surface area (Å²) in [6, 6.07) is 15.4. The van der Waals surface area contributed by atoms with Gasteiger partial charge in [-0.1, -0.05) is 23.4 Å². The third-order valence-electron chi connectivity index (χ3n) is 4.44. The number of hydrogen-bond acceptors (Lipinski definition) is 6. The lowest BCUT2D eigenvalue weighted by atomic mass is 10.1. The van der Waals surface area contributed by atoms with E-state index < -0.39 is 0 Å². The number of rotatable bonds is 6. The van der Waals surface area contributed by atoms with Gasteiger partial charge in [0.2, 0.25) is 5.91 Å². The number of nitrogens with zero attached hydrogens (tertiary/aromatic N) is 2. The van der Waals surface area contributed by atoms with Gasteiger partial charge in [0.15, 0.2) is 10.9 Å². The van der Waals surface area contributed by atoms with Crippen molar-refractivity contribution in [2.45, 2.75) is 12.1 Å². The summed E-state index contributed by atoms with van der Waals surface area (Å²) < 4.78 is 2.05. The van der Waals surface area contributed by atoms with Gasteiger partial charge in [-0.25, -0.2) is 4.98 Å². The maximum absolute atomic E-state index is 13.1. The molecule has 31 heavy (non-hydrogen) atoms. The number of anilines is 1. The highest BCUT2D eigenvalue weighted by atomic mass is 35.5. The van der Waals surface area contributed by atoms with Crippen molar-refractivity contribution >= 4 is 62.3 Å². The second kappa shape index (κ2) is 9.05. The van der Waals surface area contributed by atoms with Gasteiger partial charge in [-0.05, 0) is 66.9 Å². The molecule has 0 bridgehead atoms. The SMILES string of the molecule is CC(=O)c1ccc(NC(=O)CSc2nc3ccsc3c(=O)n2-c2ccc(Cl)cc2)cc1.